The SMILES string of the molecule is Cc1cc(NC(=O)CN2CCO[C@H](c3nc(C(C)C)n[nH]3)C2)on1. The maximum atomic E-state index is 12.1. The van der Waals surface area contributed by atoms with Crippen molar-refractivity contribution in [3.05, 3.63) is 23.4 Å². The highest BCUT2D eigenvalue weighted by Gasteiger charge is 2.26. The summed E-state index contributed by atoms with van der Waals surface area (Å²) in [4.78, 5) is 18.6. The van der Waals surface area contributed by atoms with Gasteiger partial charge >= 0.3 is 0 Å². The number of nitrogens with zero attached hydrogens (tertiary/aromatic N) is 4. The molecule has 0 aliphatic carbocycles. The second-order valence-corrected chi connectivity index (χ2v) is 6.21. The molecule has 9 nitrogen and oxygen atoms in total. The Bertz CT molecular complexity index is 695. The van der Waals surface area contributed by atoms with Crippen LogP contribution in [0.3, 0.4) is 0 Å². The van der Waals surface area contributed by atoms with Gasteiger partial charge in [-0.2, -0.15) is 5.10 Å². The molecule has 2 N–H and O–H groups in total. The van der Waals surface area contributed by atoms with Crippen LogP contribution in [0.15, 0.2) is 10.6 Å². The molecule has 2 aromatic heterocycles. The molecule has 0 bridgehead atoms. The van der Waals surface area contributed by atoms with Gasteiger partial charge in [0.1, 0.15) is 6.10 Å². The van der Waals surface area contributed by atoms with Crippen molar-refractivity contribution in [3.8, 4) is 0 Å². The van der Waals surface area contributed by atoms with Crippen molar-refractivity contribution >= 4 is 11.8 Å². The minimum Gasteiger partial charge on any atom is -0.368 e. The number of H-pyrrole nitrogens is 1. The molecule has 1 atom stereocenters. The van der Waals surface area contributed by atoms with E-state index < -0.39 is 0 Å². The molecule has 1 fully saturated rings. The Morgan fingerprint density at radius 3 is 3.04 bits per heavy atom. The molecule has 1 saturated heterocycles. The predicted octanol–water partition coefficient (Wildman–Crippen LogP) is 1.24. The number of nitrogens with one attached hydrogen (secondary N) is 2. The zero-order valence-electron chi connectivity index (χ0n) is 14.1. The number of aromatic nitrogens is 4. The molecule has 9 heteroatoms. The topological polar surface area (TPSA) is 109 Å². The lowest BCUT2D eigenvalue weighted by atomic mass is 10.2. The summed E-state index contributed by atoms with van der Waals surface area (Å²) in [5, 5.41) is 13.6. The van der Waals surface area contributed by atoms with E-state index in [1.54, 1.807) is 13.0 Å². The minimum absolute atomic E-state index is 0.146. The van der Waals surface area contributed by atoms with E-state index in [0.717, 1.165) is 11.5 Å². The van der Waals surface area contributed by atoms with E-state index in [2.05, 4.69) is 25.7 Å². The number of hydrogen-bond acceptors (Lipinski definition) is 7. The Hall–Kier alpha value is -2.26. The quantitative estimate of drug-likeness (QED) is 0.846. The number of aromatic amines is 1. The number of carbonyl (C=O) groups excluding carboxylic acids is 1. The highest BCUT2D eigenvalue weighted by atomic mass is 16.5. The number of ether oxygens (including phenoxy) is 1. The van der Waals surface area contributed by atoms with Crippen molar-refractivity contribution in [2.24, 2.45) is 0 Å². The van der Waals surface area contributed by atoms with E-state index in [1.807, 2.05) is 18.7 Å². The van der Waals surface area contributed by atoms with Crippen molar-refractivity contribution in [1.29, 1.82) is 0 Å². The lowest BCUT2D eigenvalue weighted by Gasteiger charge is -2.31. The lowest BCUT2D eigenvalue weighted by Crippen LogP contribution is -2.42. The fraction of sp³-hybridized carbons (Fsp3) is 0.600. The molecule has 2 aromatic rings. The van der Waals surface area contributed by atoms with E-state index in [-0.39, 0.29) is 24.5 Å². The summed E-state index contributed by atoms with van der Waals surface area (Å²) >= 11 is 0. The van der Waals surface area contributed by atoms with Gasteiger partial charge in [-0.3, -0.25) is 20.1 Å². The van der Waals surface area contributed by atoms with Crippen LogP contribution in [0.2, 0.25) is 0 Å². The number of carbonyl (C=O) groups is 1. The van der Waals surface area contributed by atoms with Crippen LogP contribution in [0, 0.1) is 6.92 Å². The molecule has 0 spiro atoms. The summed E-state index contributed by atoms with van der Waals surface area (Å²) in [6.07, 6.45) is -0.209. The Morgan fingerprint density at radius 2 is 2.38 bits per heavy atom. The third-order valence-corrected chi connectivity index (χ3v) is 3.75. The number of aryl methyl sites for hydroxylation is 1. The molecule has 0 aromatic carbocycles. The van der Waals surface area contributed by atoms with Gasteiger partial charge in [0, 0.05) is 25.1 Å². The maximum Gasteiger partial charge on any atom is 0.240 e. The smallest absolute Gasteiger partial charge is 0.240 e. The highest BCUT2D eigenvalue weighted by Crippen LogP contribution is 2.20. The molecular weight excluding hydrogens is 312 g/mol. The summed E-state index contributed by atoms with van der Waals surface area (Å²) in [6, 6.07) is 1.68. The molecular formula is C15H22N6O3. The average molecular weight is 334 g/mol. The van der Waals surface area contributed by atoms with E-state index in [0.29, 0.717) is 31.4 Å². The second-order valence-electron chi connectivity index (χ2n) is 6.21. The van der Waals surface area contributed by atoms with E-state index in [1.165, 1.54) is 0 Å². The molecule has 130 valence electrons. The highest BCUT2D eigenvalue weighted by molar-refractivity contribution is 5.90. The number of rotatable bonds is 5. The monoisotopic (exact) mass is 334 g/mol. The molecule has 0 radical (unpaired) electrons. The Labute approximate surface area is 139 Å². The largest absolute Gasteiger partial charge is 0.368 e. The summed E-state index contributed by atoms with van der Waals surface area (Å²) in [5.41, 5.74) is 0.725. The standard InChI is InChI=1S/C15H22N6O3/c1-9(2)14-17-15(19-18-14)11-7-21(4-5-23-11)8-12(22)16-13-6-10(3)20-24-13/h6,9,11H,4-5,7-8H2,1-3H3,(H,16,22)(H,17,18,19)/t11-/m0/s1. The Morgan fingerprint density at radius 1 is 1.54 bits per heavy atom. The lowest BCUT2D eigenvalue weighted by molar-refractivity contribution is -0.119. The fourth-order valence-corrected chi connectivity index (χ4v) is 2.50. The summed E-state index contributed by atoms with van der Waals surface area (Å²) in [5.74, 6) is 1.94. The van der Waals surface area contributed by atoms with Gasteiger partial charge in [0.15, 0.2) is 11.6 Å². The molecule has 0 unspecified atom stereocenters. The molecule has 3 heterocycles. The molecule has 0 saturated carbocycles. The van der Waals surface area contributed by atoms with Gasteiger partial charge < -0.3 is 9.26 Å². The van der Waals surface area contributed by atoms with Gasteiger partial charge in [0.2, 0.25) is 11.8 Å². The van der Waals surface area contributed by atoms with Gasteiger partial charge in [0.25, 0.3) is 0 Å². The maximum absolute atomic E-state index is 12.1. The molecule has 1 amide bonds. The first-order chi connectivity index (χ1) is 11.5. The van der Waals surface area contributed by atoms with Gasteiger partial charge in [-0.1, -0.05) is 19.0 Å². The van der Waals surface area contributed by atoms with Gasteiger partial charge in [-0.15, -0.1) is 0 Å². The van der Waals surface area contributed by atoms with Crippen LogP contribution < -0.4 is 5.32 Å². The van der Waals surface area contributed by atoms with Crippen molar-refractivity contribution in [2.45, 2.75) is 32.8 Å². The predicted molar refractivity (Wildman–Crippen MR) is 85.5 cm³/mol. The molecule has 3 rings (SSSR count). The third-order valence-electron chi connectivity index (χ3n) is 3.75. The third kappa shape index (κ3) is 3.98. The van der Waals surface area contributed by atoms with Crippen molar-refractivity contribution in [2.75, 3.05) is 31.6 Å². The first-order valence-electron chi connectivity index (χ1n) is 8.00. The molecule has 1 aliphatic rings. The normalized spacial score (nSPS) is 18.9. The van der Waals surface area contributed by atoms with E-state index in [9.17, 15) is 4.79 Å². The van der Waals surface area contributed by atoms with Crippen molar-refractivity contribution in [3.63, 3.8) is 0 Å². The average Bonchev–Trinajstić information content (AvgIpc) is 3.17. The summed E-state index contributed by atoms with van der Waals surface area (Å²) in [7, 11) is 0. The first-order valence-corrected chi connectivity index (χ1v) is 8.00. The van der Waals surface area contributed by atoms with Crippen LogP contribution in [0.25, 0.3) is 0 Å². The van der Waals surface area contributed by atoms with Crippen molar-refractivity contribution < 1.29 is 14.1 Å². The van der Waals surface area contributed by atoms with E-state index >= 15 is 0 Å². The number of amides is 1. The van der Waals surface area contributed by atoms with Gasteiger partial charge in [0.05, 0.1) is 18.8 Å². The number of morpholine rings is 1. The summed E-state index contributed by atoms with van der Waals surface area (Å²) in [6.45, 7) is 7.93. The summed E-state index contributed by atoms with van der Waals surface area (Å²) < 4.78 is 10.7. The van der Waals surface area contributed by atoms with Crippen LogP contribution in [0.4, 0.5) is 5.88 Å². The van der Waals surface area contributed by atoms with Crippen molar-refractivity contribution in [1.82, 2.24) is 25.2 Å². The Balaban J connectivity index is 1.55. The Kier molecular flexibility index (Phi) is 4.91. The first kappa shape index (κ1) is 16.6. The zero-order chi connectivity index (χ0) is 17.1. The molecule has 1 aliphatic heterocycles. The number of anilines is 1. The van der Waals surface area contributed by atoms with Crippen LogP contribution >= 0.6 is 0 Å². The second kappa shape index (κ2) is 7.10. The number of hydrogen-bond donors (Lipinski definition) is 2. The fourth-order valence-electron chi connectivity index (χ4n) is 2.50. The van der Waals surface area contributed by atoms with Crippen LogP contribution in [-0.4, -0.2) is 57.4 Å². The van der Waals surface area contributed by atoms with Crippen LogP contribution in [-0.2, 0) is 9.53 Å². The molecule has 24 heavy (non-hydrogen) atoms. The minimum atomic E-state index is -0.209. The zero-order valence-corrected chi connectivity index (χ0v) is 14.1. The van der Waals surface area contributed by atoms with Gasteiger partial charge in [-0.25, -0.2) is 4.98 Å². The van der Waals surface area contributed by atoms with Crippen LogP contribution in [0.5, 0.6) is 0 Å². The van der Waals surface area contributed by atoms with E-state index in [4.69, 9.17) is 9.26 Å². The van der Waals surface area contributed by atoms with Crippen LogP contribution in [0.1, 0.15) is 43.2 Å². The van der Waals surface area contributed by atoms with Gasteiger partial charge in [-0.05, 0) is 6.92 Å².